The molecule has 0 saturated heterocycles. The minimum atomic E-state index is 0.194. The highest BCUT2D eigenvalue weighted by atomic mass is 35.5. The fourth-order valence-electron chi connectivity index (χ4n) is 2.56. The Morgan fingerprint density at radius 2 is 1.26 bits per heavy atom. The van der Waals surface area contributed by atoms with Gasteiger partial charge in [-0.2, -0.15) is 0 Å². The van der Waals surface area contributed by atoms with E-state index in [1.807, 2.05) is 36.4 Å². The molecule has 27 heavy (non-hydrogen) atoms. The van der Waals surface area contributed by atoms with Gasteiger partial charge in [-0.3, -0.25) is 0 Å². The first-order valence-electron chi connectivity index (χ1n) is 8.85. The molecule has 2 aromatic carbocycles. The van der Waals surface area contributed by atoms with Gasteiger partial charge in [-0.1, -0.05) is 60.7 Å². The molecule has 1 aliphatic rings. The Balaban J connectivity index is 0.000000238. The summed E-state index contributed by atoms with van der Waals surface area (Å²) in [6.07, 6.45) is 8.20. The van der Waals surface area contributed by atoms with Gasteiger partial charge in [0.1, 0.15) is 0 Å². The van der Waals surface area contributed by atoms with Crippen molar-refractivity contribution in [1.82, 2.24) is 0 Å². The Morgan fingerprint density at radius 1 is 0.815 bits per heavy atom. The first kappa shape index (κ1) is 22.9. The van der Waals surface area contributed by atoms with Crippen LogP contribution in [-0.2, 0) is 0 Å². The minimum absolute atomic E-state index is 0.194. The van der Waals surface area contributed by atoms with Gasteiger partial charge in [0.15, 0.2) is 0 Å². The third kappa shape index (κ3) is 9.37. The van der Waals surface area contributed by atoms with E-state index in [1.165, 1.54) is 11.4 Å². The lowest BCUT2D eigenvalue weighted by Gasteiger charge is -2.21. The monoisotopic (exact) mass is 402 g/mol. The van der Waals surface area contributed by atoms with E-state index in [2.05, 4.69) is 71.5 Å². The summed E-state index contributed by atoms with van der Waals surface area (Å²) in [7, 11) is 0. The molecule has 0 amide bonds. The highest BCUT2D eigenvalue weighted by Gasteiger charge is 2.05. The highest BCUT2D eigenvalue weighted by Crippen LogP contribution is 2.15. The second-order valence-electron chi connectivity index (χ2n) is 5.63. The molecule has 0 N–H and O–H groups in total. The van der Waals surface area contributed by atoms with Gasteiger partial charge in [0.2, 0.25) is 0 Å². The molecule has 1 aliphatic heterocycles. The highest BCUT2D eigenvalue weighted by molar-refractivity contribution is 6.40. The average molecular weight is 403 g/mol. The lowest BCUT2D eigenvalue weighted by atomic mass is 10.3. The van der Waals surface area contributed by atoms with Crippen molar-refractivity contribution in [3.05, 3.63) is 98.1 Å². The molecule has 0 aliphatic carbocycles. The molecule has 0 unspecified atom stereocenters. The van der Waals surface area contributed by atoms with Crippen molar-refractivity contribution in [2.24, 2.45) is 0 Å². The van der Waals surface area contributed by atoms with Crippen molar-refractivity contribution in [3.8, 4) is 0 Å². The van der Waals surface area contributed by atoms with Gasteiger partial charge in [-0.25, -0.2) is 0 Å². The van der Waals surface area contributed by atoms with E-state index in [0.717, 1.165) is 26.2 Å². The maximum absolute atomic E-state index is 4.76. The van der Waals surface area contributed by atoms with Crippen LogP contribution in [0.15, 0.2) is 98.1 Å². The molecular formula is C23H28Cl2N2. The van der Waals surface area contributed by atoms with Crippen LogP contribution in [0.2, 0.25) is 0 Å². The number of alkyl halides is 2. The molecule has 2 nitrogen and oxygen atoms in total. The quantitative estimate of drug-likeness (QED) is 0.410. The van der Waals surface area contributed by atoms with Crippen molar-refractivity contribution in [2.75, 3.05) is 41.3 Å². The van der Waals surface area contributed by atoms with Crippen LogP contribution in [-0.4, -0.2) is 31.5 Å². The molecule has 2 aromatic rings. The molecule has 3 rings (SSSR count). The Bertz CT molecular complexity index is 639. The first-order chi connectivity index (χ1) is 13.3. The van der Waals surface area contributed by atoms with Gasteiger partial charge in [0, 0.05) is 37.6 Å². The lowest BCUT2D eigenvalue weighted by molar-refractivity contribution is 0.957. The summed E-state index contributed by atoms with van der Waals surface area (Å²) < 4.78 is 0. The Hall–Kier alpha value is -2.16. The van der Waals surface area contributed by atoms with Crippen LogP contribution >= 0.6 is 23.2 Å². The van der Waals surface area contributed by atoms with Crippen LogP contribution in [0.4, 0.5) is 11.4 Å². The number of anilines is 2. The number of para-hydroxylation sites is 2. The van der Waals surface area contributed by atoms with Crippen LogP contribution in [0.25, 0.3) is 0 Å². The zero-order chi connectivity index (χ0) is 19.7. The molecular weight excluding hydrogens is 375 g/mol. The first-order valence-corrected chi connectivity index (χ1v) is 9.92. The predicted molar refractivity (Wildman–Crippen MR) is 123 cm³/mol. The van der Waals surface area contributed by atoms with E-state index < -0.39 is 0 Å². The molecule has 0 aromatic heterocycles. The summed E-state index contributed by atoms with van der Waals surface area (Å²) in [6, 6.07) is 20.8. The topological polar surface area (TPSA) is 6.48 Å². The molecule has 0 atom stereocenters. The molecule has 144 valence electrons. The van der Waals surface area contributed by atoms with E-state index in [-0.39, 0.29) is 5.34 Å². The second kappa shape index (κ2) is 15.0. The van der Waals surface area contributed by atoms with Crippen LogP contribution in [0.1, 0.15) is 0 Å². The third-order valence-electron chi connectivity index (χ3n) is 3.76. The fourth-order valence-corrected chi connectivity index (χ4v) is 2.56. The smallest absolute Gasteiger partial charge is 0.0967 e. The van der Waals surface area contributed by atoms with Crippen molar-refractivity contribution in [3.63, 3.8) is 0 Å². The van der Waals surface area contributed by atoms with Crippen LogP contribution in [0.3, 0.4) is 0 Å². The number of rotatable bonds is 6. The minimum Gasteiger partial charge on any atom is -0.364 e. The average Bonchev–Trinajstić information content (AvgIpc) is 3.25. The maximum atomic E-state index is 4.76. The van der Waals surface area contributed by atoms with Gasteiger partial charge >= 0.3 is 0 Å². The zero-order valence-electron chi connectivity index (χ0n) is 15.7. The van der Waals surface area contributed by atoms with Crippen molar-refractivity contribution in [1.29, 1.82) is 0 Å². The summed E-state index contributed by atoms with van der Waals surface area (Å²) in [5.41, 5.74) is 2.53. The van der Waals surface area contributed by atoms with Crippen LogP contribution in [0.5, 0.6) is 0 Å². The number of halogens is 2. The van der Waals surface area contributed by atoms with Crippen LogP contribution < -0.4 is 9.80 Å². The SMILES string of the molecule is C1=CCN(c2ccccc2)C1.C=CCN(CC=C)c1ccccc1.ClCCl. The molecule has 0 fully saturated rings. The van der Waals surface area contributed by atoms with Crippen molar-refractivity contribution < 1.29 is 0 Å². The van der Waals surface area contributed by atoms with E-state index in [9.17, 15) is 0 Å². The second-order valence-corrected chi connectivity index (χ2v) is 6.44. The molecule has 0 saturated carbocycles. The Morgan fingerprint density at radius 3 is 1.70 bits per heavy atom. The van der Waals surface area contributed by atoms with Gasteiger partial charge in [-0.05, 0) is 24.3 Å². The van der Waals surface area contributed by atoms with E-state index in [4.69, 9.17) is 23.2 Å². The van der Waals surface area contributed by atoms with Crippen LogP contribution in [0, 0.1) is 0 Å². The summed E-state index contributed by atoms with van der Waals surface area (Å²) in [5, 5.41) is 0.194. The van der Waals surface area contributed by atoms with Gasteiger partial charge in [0.05, 0.1) is 5.34 Å². The van der Waals surface area contributed by atoms with Crippen molar-refractivity contribution >= 4 is 34.6 Å². The Labute approximate surface area is 174 Å². The normalized spacial score (nSPS) is 11.6. The predicted octanol–water partition coefficient (Wildman–Crippen LogP) is 6.35. The van der Waals surface area contributed by atoms with E-state index >= 15 is 0 Å². The standard InChI is InChI=1S/C12H15N.C10H11N.CH2Cl2/c1-3-10-13(11-4-2)12-8-6-5-7-9-12;1-2-6-10(7-3-1)11-8-4-5-9-11;2-1-3/h3-9H,1-2,10-11H2;1-7H,8-9H2;1H2. The summed E-state index contributed by atoms with van der Waals surface area (Å²) in [4.78, 5) is 4.54. The molecule has 0 radical (unpaired) electrons. The molecule has 4 heteroatoms. The van der Waals surface area contributed by atoms with Crippen molar-refractivity contribution in [2.45, 2.75) is 0 Å². The Kier molecular flexibility index (Phi) is 12.7. The summed E-state index contributed by atoms with van der Waals surface area (Å²) in [6.45, 7) is 11.3. The number of benzene rings is 2. The van der Waals surface area contributed by atoms with Gasteiger partial charge in [-0.15, -0.1) is 36.4 Å². The zero-order valence-corrected chi connectivity index (χ0v) is 17.2. The fraction of sp³-hybridized carbons (Fsp3) is 0.217. The summed E-state index contributed by atoms with van der Waals surface area (Å²) in [5.74, 6) is 0. The number of nitrogens with zero attached hydrogens (tertiary/aromatic N) is 2. The maximum Gasteiger partial charge on any atom is 0.0967 e. The van der Waals surface area contributed by atoms with E-state index in [0.29, 0.717) is 0 Å². The number of hydrogen-bond donors (Lipinski definition) is 0. The molecule has 0 spiro atoms. The van der Waals surface area contributed by atoms with Gasteiger partial charge < -0.3 is 9.80 Å². The molecule has 1 heterocycles. The third-order valence-corrected chi connectivity index (χ3v) is 3.76. The summed E-state index contributed by atoms with van der Waals surface area (Å²) >= 11 is 9.53. The molecule has 0 bridgehead atoms. The number of hydrogen-bond acceptors (Lipinski definition) is 2. The van der Waals surface area contributed by atoms with E-state index in [1.54, 1.807) is 0 Å². The lowest BCUT2D eigenvalue weighted by Crippen LogP contribution is -2.22. The van der Waals surface area contributed by atoms with Gasteiger partial charge in [0.25, 0.3) is 0 Å². The largest absolute Gasteiger partial charge is 0.364 e.